The summed E-state index contributed by atoms with van der Waals surface area (Å²) in [6, 6.07) is 12.5. The Morgan fingerprint density at radius 1 is 0.812 bits per heavy atom. The van der Waals surface area contributed by atoms with Crippen molar-refractivity contribution in [1.29, 1.82) is 0 Å². The van der Waals surface area contributed by atoms with E-state index in [1.54, 1.807) is 43.4 Å². The van der Waals surface area contributed by atoms with Gasteiger partial charge in [-0.25, -0.2) is 4.79 Å². The highest BCUT2D eigenvalue weighted by Gasteiger charge is 2.40. The van der Waals surface area contributed by atoms with Crippen LogP contribution >= 0.6 is 0 Å². The third-order valence-corrected chi connectivity index (χ3v) is 5.24. The third-order valence-electron chi connectivity index (χ3n) is 5.24. The van der Waals surface area contributed by atoms with Crippen LogP contribution in [0, 0.1) is 0 Å². The number of carbonyl (C=O) groups is 5. The molecule has 2 aliphatic rings. The van der Waals surface area contributed by atoms with E-state index in [4.69, 9.17) is 4.84 Å². The van der Waals surface area contributed by atoms with Gasteiger partial charge in [-0.15, -0.1) is 0 Å². The first-order chi connectivity index (χ1) is 15.4. The molecule has 0 saturated heterocycles. The molecule has 2 aliphatic heterocycles. The molecule has 3 heterocycles. The van der Waals surface area contributed by atoms with Crippen molar-refractivity contribution < 1.29 is 28.8 Å². The van der Waals surface area contributed by atoms with Crippen molar-refractivity contribution in [3.8, 4) is 0 Å². The number of rotatable bonds is 4. The molecule has 2 aromatic carbocycles. The van der Waals surface area contributed by atoms with Gasteiger partial charge >= 0.3 is 5.97 Å². The highest BCUT2D eigenvalue weighted by Crippen LogP contribution is 2.26. The molecule has 0 unspecified atom stereocenters. The smallest absolute Gasteiger partial charge is 0.324 e. The molecule has 158 valence electrons. The molecule has 0 bridgehead atoms. The zero-order valence-corrected chi connectivity index (χ0v) is 16.6. The average Bonchev–Trinajstić information content (AvgIpc) is 3.37. The summed E-state index contributed by atoms with van der Waals surface area (Å²) in [6.45, 7) is -0.278. The Kier molecular flexibility index (Phi) is 4.22. The summed E-state index contributed by atoms with van der Waals surface area (Å²) in [5.74, 6) is -3.54. The lowest BCUT2D eigenvalue weighted by atomic mass is 10.1. The van der Waals surface area contributed by atoms with Gasteiger partial charge in [-0.3, -0.25) is 28.8 Å². The summed E-state index contributed by atoms with van der Waals surface area (Å²) >= 11 is 0. The molecule has 0 saturated carbocycles. The second-order valence-corrected chi connectivity index (χ2v) is 7.23. The fraction of sp³-hybridized carbons (Fsp3) is 0.0909. The number of hydrogen-bond acceptors (Lipinski definition) is 7. The molecular formula is C22H14N4O6. The highest BCUT2D eigenvalue weighted by molar-refractivity contribution is 6.22. The Morgan fingerprint density at radius 2 is 1.28 bits per heavy atom. The van der Waals surface area contributed by atoms with E-state index in [-0.39, 0.29) is 40.1 Å². The van der Waals surface area contributed by atoms with Gasteiger partial charge in [0.05, 0.1) is 34.5 Å². The highest BCUT2D eigenvalue weighted by atomic mass is 16.7. The van der Waals surface area contributed by atoms with Crippen LogP contribution in [0.3, 0.4) is 0 Å². The molecule has 5 rings (SSSR count). The zero-order chi connectivity index (χ0) is 22.6. The van der Waals surface area contributed by atoms with E-state index in [1.807, 2.05) is 0 Å². The number of benzene rings is 2. The molecule has 0 aliphatic carbocycles. The molecule has 10 nitrogen and oxygen atoms in total. The molecule has 0 atom stereocenters. The van der Waals surface area contributed by atoms with E-state index >= 15 is 0 Å². The van der Waals surface area contributed by atoms with Crippen LogP contribution in [0.25, 0.3) is 0 Å². The summed E-state index contributed by atoms with van der Waals surface area (Å²) < 4.78 is 1.31. The molecule has 0 radical (unpaired) electrons. The maximum atomic E-state index is 12.8. The van der Waals surface area contributed by atoms with E-state index in [0.717, 1.165) is 4.90 Å². The number of aromatic nitrogens is 2. The zero-order valence-electron chi connectivity index (χ0n) is 16.6. The fourth-order valence-corrected chi connectivity index (χ4v) is 3.74. The largest absolute Gasteiger partial charge is 0.367 e. The van der Waals surface area contributed by atoms with Gasteiger partial charge < -0.3 is 4.84 Å². The maximum absolute atomic E-state index is 12.8. The van der Waals surface area contributed by atoms with Gasteiger partial charge in [-0.1, -0.05) is 29.3 Å². The number of hydroxylamine groups is 2. The molecule has 0 spiro atoms. The van der Waals surface area contributed by atoms with E-state index in [0.29, 0.717) is 5.06 Å². The van der Waals surface area contributed by atoms with Gasteiger partial charge in [0.25, 0.3) is 23.6 Å². The number of hydrogen-bond donors (Lipinski definition) is 0. The maximum Gasteiger partial charge on any atom is 0.367 e. The van der Waals surface area contributed by atoms with Crippen molar-refractivity contribution in [3.05, 3.63) is 88.2 Å². The summed E-state index contributed by atoms with van der Waals surface area (Å²) in [7, 11) is 1.55. The average molecular weight is 430 g/mol. The molecule has 3 aromatic rings. The predicted molar refractivity (Wildman–Crippen MR) is 106 cm³/mol. The normalized spacial score (nSPS) is 14.8. The van der Waals surface area contributed by atoms with Crippen LogP contribution in [0.5, 0.6) is 0 Å². The number of amides is 4. The van der Waals surface area contributed by atoms with Gasteiger partial charge in [0.15, 0.2) is 0 Å². The second kappa shape index (κ2) is 6.98. The van der Waals surface area contributed by atoms with Gasteiger partial charge in [0, 0.05) is 13.2 Å². The topological polar surface area (TPSA) is 119 Å². The number of aryl methyl sites for hydroxylation is 1. The van der Waals surface area contributed by atoms with Crippen LogP contribution in [0.15, 0.2) is 54.7 Å². The van der Waals surface area contributed by atoms with Crippen molar-refractivity contribution >= 4 is 29.6 Å². The van der Waals surface area contributed by atoms with Gasteiger partial charge in [0.2, 0.25) is 0 Å². The first-order valence-corrected chi connectivity index (χ1v) is 9.54. The summed E-state index contributed by atoms with van der Waals surface area (Å²) in [5, 5.41) is 4.55. The van der Waals surface area contributed by atoms with E-state index in [2.05, 4.69) is 5.10 Å². The van der Waals surface area contributed by atoms with Crippen molar-refractivity contribution in [1.82, 2.24) is 19.7 Å². The first-order valence-electron chi connectivity index (χ1n) is 9.54. The molecule has 1 aromatic heterocycles. The van der Waals surface area contributed by atoms with Crippen LogP contribution < -0.4 is 0 Å². The Hall–Kier alpha value is -4.60. The SMILES string of the molecule is Cn1cc(C(=O)ON2C(=O)c3ccccc3C2=O)c(CN2C(=O)c3ccccc3C2=O)n1. The Labute approximate surface area is 180 Å². The Bertz CT molecular complexity index is 1290. The number of nitrogens with zero attached hydrogens (tertiary/aromatic N) is 4. The van der Waals surface area contributed by atoms with E-state index in [9.17, 15) is 24.0 Å². The number of imide groups is 2. The van der Waals surface area contributed by atoms with Crippen LogP contribution in [-0.4, -0.2) is 49.3 Å². The third kappa shape index (κ3) is 2.81. The van der Waals surface area contributed by atoms with Crippen LogP contribution in [0.1, 0.15) is 57.5 Å². The number of fused-ring (bicyclic) bond motifs is 2. The van der Waals surface area contributed by atoms with E-state index in [1.165, 1.54) is 23.0 Å². The summed E-state index contributed by atoms with van der Waals surface area (Å²) in [4.78, 5) is 69.1. The lowest BCUT2D eigenvalue weighted by molar-refractivity contribution is -0.0585. The standard InChI is InChI=1S/C22H14N4O6/c1-24-10-16(22(31)32-26-20(29)14-8-4-5-9-15(14)21(26)30)17(23-24)11-25-18(27)12-6-2-3-7-13(12)19(25)28/h2-10H,11H2,1H3. The lowest BCUT2D eigenvalue weighted by Gasteiger charge is -2.14. The quantitative estimate of drug-likeness (QED) is 0.577. The lowest BCUT2D eigenvalue weighted by Crippen LogP contribution is -2.33. The minimum absolute atomic E-state index is 0.0828. The minimum Gasteiger partial charge on any atom is -0.324 e. The predicted octanol–water partition coefficient (Wildman–Crippen LogP) is 1.58. The Balaban J connectivity index is 1.40. The van der Waals surface area contributed by atoms with Crippen molar-refractivity contribution in [2.45, 2.75) is 6.54 Å². The van der Waals surface area contributed by atoms with Crippen LogP contribution in [0.2, 0.25) is 0 Å². The van der Waals surface area contributed by atoms with Crippen LogP contribution in [0.4, 0.5) is 0 Å². The van der Waals surface area contributed by atoms with Crippen molar-refractivity contribution in [3.63, 3.8) is 0 Å². The molecule has 0 fully saturated rings. The fourth-order valence-electron chi connectivity index (χ4n) is 3.74. The molecule has 4 amide bonds. The second-order valence-electron chi connectivity index (χ2n) is 7.23. The molecule has 32 heavy (non-hydrogen) atoms. The number of carbonyl (C=O) groups excluding carboxylic acids is 5. The van der Waals surface area contributed by atoms with Crippen LogP contribution in [-0.2, 0) is 18.4 Å². The summed E-state index contributed by atoms with van der Waals surface area (Å²) in [5.41, 5.74) is 0.793. The Morgan fingerprint density at radius 3 is 1.78 bits per heavy atom. The van der Waals surface area contributed by atoms with Gasteiger partial charge in [0.1, 0.15) is 5.56 Å². The minimum atomic E-state index is -1.01. The monoisotopic (exact) mass is 430 g/mol. The van der Waals surface area contributed by atoms with Gasteiger partial charge in [-0.2, -0.15) is 5.10 Å². The van der Waals surface area contributed by atoms with Crippen molar-refractivity contribution in [2.75, 3.05) is 0 Å². The first kappa shape index (κ1) is 19.4. The summed E-state index contributed by atoms with van der Waals surface area (Å²) in [6.07, 6.45) is 1.33. The van der Waals surface area contributed by atoms with Gasteiger partial charge in [-0.05, 0) is 24.3 Å². The van der Waals surface area contributed by atoms with E-state index < -0.39 is 29.6 Å². The molecule has 0 N–H and O–H groups in total. The van der Waals surface area contributed by atoms with Crippen molar-refractivity contribution in [2.24, 2.45) is 7.05 Å². The molecule has 10 heteroatoms. The molecular weight excluding hydrogens is 416 g/mol.